The molecule has 0 bridgehead atoms. The van der Waals surface area contributed by atoms with Gasteiger partial charge in [-0.1, -0.05) is 6.92 Å². The van der Waals surface area contributed by atoms with Crippen LogP contribution in [-0.4, -0.2) is 35.9 Å². The highest BCUT2D eigenvalue weighted by Gasteiger charge is 2.55. The average molecular weight is 258 g/mol. The molecular formula is C13H22O5. The van der Waals surface area contributed by atoms with Crippen molar-refractivity contribution in [1.82, 2.24) is 0 Å². The van der Waals surface area contributed by atoms with Gasteiger partial charge in [0.25, 0.3) is 0 Å². The van der Waals surface area contributed by atoms with Gasteiger partial charge in [-0.05, 0) is 25.7 Å². The van der Waals surface area contributed by atoms with Crippen LogP contribution in [0.1, 0.15) is 40.5 Å². The summed E-state index contributed by atoms with van der Waals surface area (Å²) < 4.78 is 10.1. The van der Waals surface area contributed by atoms with E-state index in [-0.39, 0.29) is 13.2 Å². The van der Waals surface area contributed by atoms with Gasteiger partial charge in [0.15, 0.2) is 0 Å². The summed E-state index contributed by atoms with van der Waals surface area (Å²) >= 11 is 0. The number of ether oxygens (including phenoxy) is 2. The smallest absolute Gasteiger partial charge is 0.302 e. The molecule has 1 fully saturated rings. The van der Waals surface area contributed by atoms with E-state index in [9.17, 15) is 14.7 Å². The Hall–Kier alpha value is -1.10. The van der Waals surface area contributed by atoms with Crippen LogP contribution in [-0.2, 0) is 19.1 Å². The van der Waals surface area contributed by atoms with Crippen LogP contribution in [0.3, 0.4) is 0 Å². The number of hydrogen-bond donors (Lipinski definition) is 1. The van der Waals surface area contributed by atoms with E-state index in [1.54, 1.807) is 6.92 Å². The van der Waals surface area contributed by atoms with Crippen molar-refractivity contribution in [1.29, 1.82) is 0 Å². The number of carbonyl (C=O) groups is 2. The van der Waals surface area contributed by atoms with Gasteiger partial charge >= 0.3 is 11.9 Å². The maximum absolute atomic E-state index is 11.0. The normalized spacial score (nSPS) is 29.9. The fourth-order valence-electron chi connectivity index (χ4n) is 2.80. The maximum Gasteiger partial charge on any atom is 0.302 e. The lowest BCUT2D eigenvalue weighted by molar-refractivity contribution is -0.165. The summed E-state index contributed by atoms with van der Waals surface area (Å²) in [6.07, 6.45) is 1.27. The molecule has 5 heteroatoms. The minimum atomic E-state index is -1.00. The second-order valence-electron chi connectivity index (χ2n) is 5.63. The summed E-state index contributed by atoms with van der Waals surface area (Å²) in [4.78, 5) is 21.9. The molecule has 0 aromatic rings. The number of rotatable bonds is 4. The number of hydrogen-bond acceptors (Lipinski definition) is 5. The van der Waals surface area contributed by atoms with Crippen LogP contribution in [0.5, 0.6) is 0 Å². The van der Waals surface area contributed by atoms with Gasteiger partial charge in [-0.2, -0.15) is 0 Å². The lowest BCUT2D eigenvalue weighted by Crippen LogP contribution is -2.48. The molecule has 5 nitrogen and oxygen atoms in total. The van der Waals surface area contributed by atoms with Crippen molar-refractivity contribution >= 4 is 11.9 Å². The first kappa shape index (κ1) is 15.0. The Morgan fingerprint density at radius 3 is 1.89 bits per heavy atom. The monoisotopic (exact) mass is 258 g/mol. The first-order valence-electron chi connectivity index (χ1n) is 6.18. The van der Waals surface area contributed by atoms with E-state index in [1.807, 2.05) is 6.92 Å². The lowest BCUT2D eigenvalue weighted by Gasteiger charge is -2.38. The molecule has 0 aliphatic heterocycles. The van der Waals surface area contributed by atoms with Gasteiger partial charge in [-0.15, -0.1) is 0 Å². The van der Waals surface area contributed by atoms with Gasteiger partial charge in [0.05, 0.1) is 11.0 Å². The molecule has 1 saturated carbocycles. The molecule has 0 spiro atoms. The van der Waals surface area contributed by atoms with Crippen molar-refractivity contribution in [2.24, 2.45) is 11.3 Å². The molecule has 0 amide bonds. The summed E-state index contributed by atoms with van der Waals surface area (Å²) in [6, 6.07) is 0. The summed E-state index contributed by atoms with van der Waals surface area (Å²) in [5.41, 5.74) is -1.71. The average Bonchev–Trinajstić information content (AvgIpc) is 2.42. The molecule has 0 saturated heterocycles. The fourth-order valence-corrected chi connectivity index (χ4v) is 2.80. The predicted molar refractivity (Wildman–Crippen MR) is 64.7 cm³/mol. The Morgan fingerprint density at radius 1 is 1.17 bits per heavy atom. The van der Waals surface area contributed by atoms with E-state index in [1.165, 1.54) is 13.8 Å². The third kappa shape index (κ3) is 3.22. The molecule has 2 unspecified atom stereocenters. The van der Waals surface area contributed by atoms with Crippen molar-refractivity contribution in [3.63, 3.8) is 0 Å². The molecule has 0 heterocycles. The minimum Gasteiger partial charge on any atom is -0.465 e. The van der Waals surface area contributed by atoms with Gasteiger partial charge in [-0.3, -0.25) is 9.59 Å². The second kappa shape index (κ2) is 5.26. The van der Waals surface area contributed by atoms with Crippen molar-refractivity contribution in [3.05, 3.63) is 0 Å². The van der Waals surface area contributed by atoms with Gasteiger partial charge in [0.1, 0.15) is 13.2 Å². The first-order valence-corrected chi connectivity index (χ1v) is 6.18. The Morgan fingerprint density at radius 2 is 1.61 bits per heavy atom. The van der Waals surface area contributed by atoms with Crippen LogP contribution in [0, 0.1) is 11.3 Å². The van der Waals surface area contributed by atoms with Gasteiger partial charge < -0.3 is 14.6 Å². The zero-order valence-corrected chi connectivity index (χ0v) is 11.5. The first-order chi connectivity index (χ1) is 8.18. The Balaban J connectivity index is 2.86. The van der Waals surface area contributed by atoms with Crippen molar-refractivity contribution < 1.29 is 24.2 Å². The largest absolute Gasteiger partial charge is 0.465 e. The molecule has 1 aliphatic carbocycles. The molecule has 18 heavy (non-hydrogen) atoms. The molecule has 2 atom stereocenters. The molecule has 1 N–H and O–H groups in total. The summed E-state index contributed by atoms with van der Waals surface area (Å²) in [5, 5.41) is 10.5. The highest BCUT2D eigenvalue weighted by Crippen LogP contribution is 2.49. The maximum atomic E-state index is 11.0. The van der Waals surface area contributed by atoms with E-state index in [0.29, 0.717) is 18.8 Å². The van der Waals surface area contributed by atoms with Gasteiger partial charge in [0, 0.05) is 13.8 Å². The zero-order valence-electron chi connectivity index (χ0n) is 11.5. The minimum absolute atomic E-state index is 0.0763. The van der Waals surface area contributed by atoms with E-state index >= 15 is 0 Å². The van der Waals surface area contributed by atoms with E-state index < -0.39 is 23.0 Å². The molecule has 0 radical (unpaired) electrons. The van der Waals surface area contributed by atoms with Crippen molar-refractivity contribution in [2.45, 2.75) is 46.1 Å². The fraction of sp³-hybridized carbons (Fsp3) is 0.846. The Labute approximate surface area is 107 Å². The Bertz CT molecular complexity index is 316. The molecular weight excluding hydrogens is 236 g/mol. The number of carbonyl (C=O) groups excluding carboxylic acids is 2. The summed E-state index contributed by atoms with van der Waals surface area (Å²) in [7, 11) is 0. The molecule has 104 valence electrons. The number of esters is 2. The number of aliphatic hydroxyl groups is 1. The van der Waals surface area contributed by atoms with Crippen LogP contribution in [0.25, 0.3) is 0 Å². The molecule has 0 aromatic carbocycles. The lowest BCUT2D eigenvalue weighted by atomic mass is 9.76. The van der Waals surface area contributed by atoms with E-state index in [0.717, 1.165) is 0 Å². The van der Waals surface area contributed by atoms with Crippen LogP contribution in [0.4, 0.5) is 0 Å². The highest BCUT2D eigenvalue weighted by atomic mass is 16.5. The highest BCUT2D eigenvalue weighted by molar-refractivity contribution is 5.66. The van der Waals surface area contributed by atoms with Crippen LogP contribution < -0.4 is 0 Å². The summed E-state index contributed by atoms with van der Waals surface area (Å²) in [5.74, 6) is -0.494. The quantitative estimate of drug-likeness (QED) is 0.769. The SMILES string of the molecule is CC(=O)OCC1(COC(C)=O)CC(C)CC1(C)O. The van der Waals surface area contributed by atoms with Gasteiger partial charge in [-0.25, -0.2) is 0 Å². The van der Waals surface area contributed by atoms with Crippen LogP contribution in [0.2, 0.25) is 0 Å². The summed E-state index contributed by atoms with van der Waals surface area (Å²) in [6.45, 7) is 6.54. The van der Waals surface area contributed by atoms with E-state index in [4.69, 9.17) is 9.47 Å². The standard InChI is InChI=1S/C13H22O5/c1-9-5-12(4,16)13(6-9,7-17-10(2)14)8-18-11(3)15/h9,16H,5-8H2,1-4H3. The zero-order chi connectivity index (χ0) is 14.0. The molecule has 0 aromatic heterocycles. The second-order valence-corrected chi connectivity index (χ2v) is 5.63. The third-order valence-corrected chi connectivity index (χ3v) is 3.73. The van der Waals surface area contributed by atoms with Crippen molar-refractivity contribution in [3.8, 4) is 0 Å². The van der Waals surface area contributed by atoms with E-state index in [2.05, 4.69) is 0 Å². The van der Waals surface area contributed by atoms with Crippen molar-refractivity contribution in [2.75, 3.05) is 13.2 Å². The molecule has 1 rings (SSSR count). The Kier molecular flexibility index (Phi) is 4.37. The van der Waals surface area contributed by atoms with Gasteiger partial charge in [0.2, 0.25) is 0 Å². The predicted octanol–water partition coefficient (Wildman–Crippen LogP) is 1.28. The van der Waals surface area contributed by atoms with Crippen LogP contribution in [0.15, 0.2) is 0 Å². The van der Waals surface area contributed by atoms with Crippen LogP contribution >= 0.6 is 0 Å². The topological polar surface area (TPSA) is 72.8 Å². The molecule has 1 aliphatic rings. The third-order valence-electron chi connectivity index (χ3n) is 3.73.